The van der Waals surface area contributed by atoms with Gasteiger partial charge in [-0.15, -0.1) is 0 Å². The molecule has 0 amide bonds. The van der Waals surface area contributed by atoms with Crippen LogP contribution in [0.3, 0.4) is 0 Å². The second-order valence-corrected chi connectivity index (χ2v) is 2.68. The molecule has 0 spiro atoms. The summed E-state index contributed by atoms with van der Waals surface area (Å²) in [5.74, 6) is -2.19. The van der Waals surface area contributed by atoms with Crippen molar-refractivity contribution in [3.05, 3.63) is 35.1 Å². The van der Waals surface area contributed by atoms with Gasteiger partial charge < -0.3 is 4.74 Å². The normalized spacial score (nSPS) is 11.3. The van der Waals surface area contributed by atoms with Gasteiger partial charge in [-0.2, -0.15) is 13.2 Å². The zero-order chi connectivity index (χ0) is 11.6. The van der Waals surface area contributed by atoms with Crippen LogP contribution in [0.25, 0.3) is 0 Å². The van der Waals surface area contributed by atoms with E-state index in [1.54, 1.807) is 0 Å². The number of alkyl halides is 3. The Bertz CT molecular complexity index is 384. The number of carbonyl (C=O) groups is 1. The van der Waals surface area contributed by atoms with Gasteiger partial charge in [0.15, 0.2) is 0 Å². The lowest BCUT2D eigenvalue weighted by Crippen LogP contribution is -2.10. The molecule has 1 aromatic rings. The van der Waals surface area contributed by atoms with Gasteiger partial charge in [-0.25, -0.2) is 9.18 Å². The molecule has 6 heteroatoms. The molecule has 0 atom stereocenters. The molecule has 0 N–H and O–H groups in total. The molecule has 82 valence electrons. The third-order valence-corrected chi connectivity index (χ3v) is 1.70. The van der Waals surface area contributed by atoms with Crippen LogP contribution in [0.15, 0.2) is 18.2 Å². The molecule has 0 aliphatic rings. The third kappa shape index (κ3) is 2.45. The summed E-state index contributed by atoms with van der Waals surface area (Å²) >= 11 is 0. The zero-order valence-electron chi connectivity index (χ0n) is 7.56. The van der Waals surface area contributed by atoms with Crippen LogP contribution in [-0.2, 0) is 10.9 Å². The summed E-state index contributed by atoms with van der Waals surface area (Å²) in [5.41, 5.74) is -1.82. The Morgan fingerprint density at radius 2 is 1.93 bits per heavy atom. The molecule has 0 saturated heterocycles. The fraction of sp³-hybridized carbons (Fsp3) is 0.222. The van der Waals surface area contributed by atoms with E-state index in [1.807, 2.05) is 0 Å². The molecule has 0 fully saturated rings. The molecule has 0 bridgehead atoms. The molecule has 0 unspecified atom stereocenters. The van der Waals surface area contributed by atoms with Gasteiger partial charge in [0.2, 0.25) is 0 Å². The first-order chi connectivity index (χ1) is 6.86. The second-order valence-electron chi connectivity index (χ2n) is 2.68. The number of carbonyl (C=O) groups excluding carboxylic acids is 1. The number of benzene rings is 1. The Kier molecular flexibility index (Phi) is 2.97. The lowest BCUT2D eigenvalue weighted by atomic mass is 10.1. The van der Waals surface area contributed by atoms with Gasteiger partial charge in [-0.05, 0) is 18.2 Å². The van der Waals surface area contributed by atoms with E-state index in [0.717, 1.165) is 7.11 Å². The molecule has 0 radical (unpaired) electrons. The highest BCUT2D eigenvalue weighted by Gasteiger charge is 2.32. The SMILES string of the molecule is COC(=O)c1cc(C(F)(F)F)ccc1F. The number of halogens is 4. The fourth-order valence-electron chi connectivity index (χ4n) is 0.968. The predicted octanol–water partition coefficient (Wildman–Crippen LogP) is 2.63. The van der Waals surface area contributed by atoms with Gasteiger partial charge in [0.1, 0.15) is 5.82 Å². The van der Waals surface area contributed by atoms with E-state index in [2.05, 4.69) is 4.74 Å². The minimum absolute atomic E-state index is 0.418. The van der Waals surface area contributed by atoms with E-state index in [9.17, 15) is 22.4 Å². The van der Waals surface area contributed by atoms with E-state index in [1.165, 1.54) is 0 Å². The van der Waals surface area contributed by atoms with Crippen molar-refractivity contribution >= 4 is 5.97 Å². The van der Waals surface area contributed by atoms with Crippen LogP contribution < -0.4 is 0 Å². The smallest absolute Gasteiger partial charge is 0.416 e. The van der Waals surface area contributed by atoms with E-state index < -0.39 is 29.1 Å². The number of esters is 1. The zero-order valence-corrected chi connectivity index (χ0v) is 7.56. The van der Waals surface area contributed by atoms with Crippen molar-refractivity contribution in [1.82, 2.24) is 0 Å². The molecular formula is C9H6F4O2. The molecule has 0 aromatic heterocycles. The average molecular weight is 222 g/mol. The standard InChI is InChI=1S/C9H6F4O2/c1-15-8(14)6-4-5(9(11,12)13)2-3-7(6)10/h2-4H,1H3. The van der Waals surface area contributed by atoms with E-state index >= 15 is 0 Å². The second kappa shape index (κ2) is 3.88. The Morgan fingerprint density at radius 3 is 2.40 bits per heavy atom. The van der Waals surface area contributed by atoms with Crippen molar-refractivity contribution in [3.63, 3.8) is 0 Å². The van der Waals surface area contributed by atoms with Gasteiger partial charge >= 0.3 is 12.1 Å². The highest BCUT2D eigenvalue weighted by Crippen LogP contribution is 2.30. The molecule has 0 aliphatic heterocycles. The molecule has 1 rings (SSSR count). The molecule has 1 aromatic carbocycles. The molecule has 0 saturated carbocycles. The van der Waals surface area contributed by atoms with E-state index in [0.29, 0.717) is 18.2 Å². The maximum absolute atomic E-state index is 12.9. The van der Waals surface area contributed by atoms with Crippen LogP contribution in [0.5, 0.6) is 0 Å². The fourth-order valence-corrected chi connectivity index (χ4v) is 0.968. The van der Waals surface area contributed by atoms with Crippen molar-refractivity contribution in [2.75, 3.05) is 7.11 Å². The summed E-state index contributed by atoms with van der Waals surface area (Å²) in [6, 6.07) is 1.55. The van der Waals surface area contributed by atoms with Crippen molar-refractivity contribution in [2.45, 2.75) is 6.18 Å². The monoisotopic (exact) mass is 222 g/mol. The molecule has 0 aliphatic carbocycles. The molecule has 2 nitrogen and oxygen atoms in total. The van der Waals surface area contributed by atoms with Gasteiger partial charge in [0, 0.05) is 0 Å². The first-order valence-electron chi connectivity index (χ1n) is 3.81. The topological polar surface area (TPSA) is 26.3 Å². The lowest BCUT2D eigenvalue weighted by Gasteiger charge is -2.08. The highest BCUT2D eigenvalue weighted by atomic mass is 19.4. The Hall–Kier alpha value is -1.59. The largest absolute Gasteiger partial charge is 0.465 e. The van der Waals surface area contributed by atoms with E-state index in [4.69, 9.17) is 0 Å². The minimum atomic E-state index is -4.61. The van der Waals surface area contributed by atoms with Crippen molar-refractivity contribution in [2.24, 2.45) is 0 Å². The number of hydrogen-bond donors (Lipinski definition) is 0. The van der Waals surface area contributed by atoms with Crippen LogP contribution in [0, 0.1) is 5.82 Å². The summed E-state index contributed by atoms with van der Waals surface area (Å²) in [5, 5.41) is 0. The summed E-state index contributed by atoms with van der Waals surface area (Å²) < 4.78 is 53.6. The Balaban J connectivity index is 3.23. The number of hydrogen-bond acceptors (Lipinski definition) is 2. The van der Waals surface area contributed by atoms with Crippen LogP contribution >= 0.6 is 0 Å². The van der Waals surface area contributed by atoms with Gasteiger partial charge in [-0.1, -0.05) is 0 Å². The van der Waals surface area contributed by atoms with Crippen LogP contribution in [-0.4, -0.2) is 13.1 Å². The predicted molar refractivity (Wildman–Crippen MR) is 42.7 cm³/mol. The third-order valence-electron chi connectivity index (χ3n) is 1.70. The maximum Gasteiger partial charge on any atom is 0.416 e. The summed E-state index contributed by atoms with van der Waals surface area (Å²) in [4.78, 5) is 10.9. The molecular weight excluding hydrogens is 216 g/mol. The Morgan fingerprint density at radius 1 is 1.33 bits per heavy atom. The minimum Gasteiger partial charge on any atom is -0.465 e. The molecule has 0 heterocycles. The van der Waals surface area contributed by atoms with Gasteiger partial charge in [0.25, 0.3) is 0 Å². The summed E-state index contributed by atoms with van der Waals surface area (Å²) in [6.45, 7) is 0. The first kappa shape index (κ1) is 11.5. The van der Waals surface area contributed by atoms with Crippen LogP contribution in [0.1, 0.15) is 15.9 Å². The van der Waals surface area contributed by atoms with Crippen molar-refractivity contribution in [1.29, 1.82) is 0 Å². The number of ether oxygens (including phenoxy) is 1. The highest BCUT2D eigenvalue weighted by molar-refractivity contribution is 5.89. The Labute approximate surface area is 82.5 Å². The number of rotatable bonds is 1. The van der Waals surface area contributed by atoms with Gasteiger partial charge in [0.05, 0.1) is 18.2 Å². The average Bonchev–Trinajstić information content (AvgIpc) is 2.15. The molecule has 15 heavy (non-hydrogen) atoms. The van der Waals surface area contributed by atoms with Crippen molar-refractivity contribution in [3.8, 4) is 0 Å². The van der Waals surface area contributed by atoms with Gasteiger partial charge in [-0.3, -0.25) is 0 Å². The maximum atomic E-state index is 12.9. The van der Waals surface area contributed by atoms with Crippen molar-refractivity contribution < 1.29 is 27.1 Å². The summed E-state index contributed by atoms with van der Waals surface area (Å²) in [6.07, 6.45) is -4.61. The number of methoxy groups -OCH3 is 1. The first-order valence-corrected chi connectivity index (χ1v) is 3.81. The van der Waals surface area contributed by atoms with Crippen LogP contribution in [0.4, 0.5) is 17.6 Å². The summed E-state index contributed by atoms with van der Waals surface area (Å²) in [7, 11) is 0.960. The quantitative estimate of drug-likeness (QED) is 0.539. The van der Waals surface area contributed by atoms with E-state index in [-0.39, 0.29) is 0 Å². The van der Waals surface area contributed by atoms with Crippen LogP contribution in [0.2, 0.25) is 0 Å². The lowest BCUT2D eigenvalue weighted by molar-refractivity contribution is -0.137.